The summed E-state index contributed by atoms with van der Waals surface area (Å²) in [5, 5.41) is 8.64. The molecular weight excluding hydrogens is 426 g/mol. The quantitative estimate of drug-likeness (QED) is 0.0993. The third-order valence-electron chi connectivity index (χ3n) is 6.64. The second kappa shape index (κ2) is 25.0. The number of carbonyl (C=O) groups is 2. The van der Waals surface area contributed by atoms with Crippen LogP contribution < -0.4 is 0 Å². The summed E-state index contributed by atoms with van der Waals surface area (Å²) >= 11 is 0. The molecule has 5 nitrogen and oxygen atoms in total. The molecule has 0 fully saturated rings. The zero-order chi connectivity index (χ0) is 25.3. The van der Waals surface area contributed by atoms with Gasteiger partial charge in [-0.1, -0.05) is 90.9 Å². The normalized spacial score (nSPS) is 12.2. The minimum Gasteiger partial charge on any atom is -0.481 e. The Morgan fingerprint density at radius 2 is 1.15 bits per heavy atom. The molecule has 1 N–H and O–H groups in total. The number of esters is 1. The van der Waals surface area contributed by atoms with Crippen molar-refractivity contribution in [3.63, 3.8) is 0 Å². The van der Waals surface area contributed by atoms with Crippen LogP contribution in [0.4, 0.5) is 0 Å². The molecule has 0 aromatic heterocycles. The summed E-state index contributed by atoms with van der Waals surface area (Å²) in [7, 11) is 2.19. The number of aliphatic carboxylic acids is 1. The number of carboxylic acids is 1. The zero-order valence-electron chi connectivity index (χ0n) is 23.0. The summed E-state index contributed by atoms with van der Waals surface area (Å²) in [6.07, 6.45) is 22.9. The van der Waals surface area contributed by atoms with Gasteiger partial charge in [0.1, 0.15) is 6.10 Å². The van der Waals surface area contributed by atoms with Crippen molar-refractivity contribution in [3.05, 3.63) is 0 Å². The highest BCUT2D eigenvalue weighted by Gasteiger charge is 2.13. The fourth-order valence-electron chi connectivity index (χ4n) is 4.46. The Hall–Kier alpha value is -1.10. The molecule has 0 saturated carbocycles. The van der Waals surface area contributed by atoms with Crippen LogP contribution in [0.1, 0.15) is 149 Å². The summed E-state index contributed by atoms with van der Waals surface area (Å²) in [6.45, 7) is 6.68. The SMILES string of the molecule is CCCCCCCCC(CCC)OC(=O)CCCCCCCN(C)CCCCCCCC(=O)O. The van der Waals surface area contributed by atoms with Gasteiger partial charge in [-0.05, 0) is 65.1 Å². The molecule has 0 aliphatic carbocycles. The van der Waals surface area contributed by atoms with Crippen molar-refractivity contribution in [3.8, 4) is 0 Å². The first-order chi connectivity index (χ1) is 16.5. The molecule has 0 aliphatic rings. The number of ether oxygens (including phenoxy) is 1. The van der Waals surface area contributed by atoms with Crippen molar-refractivity contribution in [2.24, 2.45) is 0 Å². The predicted molar refractivity (Wildman–Crippen MR) is 143 cm³/mol. The molecule has 1 unspecified atom stereocenters. The van der Waals surface area contributed by atoms with E-state index in [9.17, 15) is 9.59 Å². The number of hydrogen-bond acceptors (Lipinski definition) is 4. The number of carbonyl (C=O) groups excluding carboxylic acids is 1. The van der Waals surface area contributed by atoms with E-state index in [0.29, 0.717) is 12.8 Å². The number of unbranched alkanes of at least 4 members (excludes halogenated alkanes) is 13. The lowest BCUT2D eigenvalue weighted by Gasteiger charge is -2.17. The molecule has 0 aromatic rings. The third kappa shape index (κ3) is 24.0. The van der Waals surface area contributed by atoms with Crippen molar-refractivity contribution >= 4 is 11.9 Å². The standard InChI is InChI=1S/C29H57NO4/c1-4-6-7-8-11-16-22-27(21-5-2)34-29(33)24-18-13-10-15-20-26-30(3)25-19-14-9-12-17-23-28(31)32/h27H,4-26H2,1-3H3,(H,31,32). The first-order valence-electron chi connectivity index (χ1n) is 14.6. The van der Waals surface area contributed by atoms with E-state index < -0.39 is 5.97 Å². The minimum absolute atomic E-state index is 0.00660. The van der Waals surface area contributed by atoms with Gasteiger partial charge < -0.3 is 14.7 Å². The largest absolute Gasteiger partial charge is 0.481 e. The topological polar surface area (TPSA) is 66.8 Å². The number of nitrogens with zero attached hydrogens (tertiary/aromatic N) is 1. The van der Waals surface area contributed by atoms with Crippen molar-refractivity contribution < 1.29 is 19.4 Å². The average Bonchev–Trinajstić information content (AvgIpc) is 2.79. The highest BCUT2D eigenvalue weighted by atomic mass is 16.5. The Bertz CT molecular complexity index is 469. The van der Waals surface area contributed by atoms with E-state index in [1.165, 1.54) is 70.6 Å². The third-order valence-corrected chi connectivity index (χ3v) is 6.64. The predicted octanol–water partition coefficient (Wildman–Crippen LogP) is 8.15. The summed E-state index contributed by atoms with van der Waals surface area (Å²) in [6, 6.07) is 0. The van der Waals surface area contributed by atoms with E-state index in [-0.39, 0.29) is 12.1 Å². The van der Waals surface area contributed by atoms with Crippen LogP contribution in [0.2, 0.25) is 0 Å². The fraction of sp³-hybridized carbons (Fsp3) is 0.931. The van der Waals surface area contributed by atoms with E-state index in [4.69, 9.17) is 9.84 Å². The molecule has 0 amide bonds. The van der Waals surface area contributed by atoms with Gasteiger partial charge in [-0.25, -0.2) is 0 Å². The lowest BCUT2D eigenvalue weighted by Crippen LogP contribution is -2.20. The molecule has 202 valence electrons. The van der Waals surface area contributed by atoms with Crippen LogP contribution in [0.3, 0.4) is 0 Å². The monoisotopic (exact) mass is 483 g/mol. The molecule has 0 saturated heterocycles. The maximum absolute atomic E-state index is 12.2. The fourth-order valence-corrected chi connectivity index (χ4v) is 4.46. The molecular formula is C29H57NO4. The van der Waals surface area contributed by atoms with Gasteiger partial charge in [0, 0.05) is 12.8 Å². The molecule has 0 rings (SSSR count). The van der Waals surface area contributed by atoms with Gasteiger partial charge in [0.15, 0.2) is 0 Å². The van der Waals surface area contributed by atoms with Crippen molar-refractivity contribution in [2.75, 3.05) is 20.1 Å². The Morgan fingerprint density at radius 1 is 0.647 bits per heavy atom. The van der Waals surface area contributed by atoms with Gasteiger partial charge in [-0.2, -0.15) is 0 Å². The summed E-state index contributed by atoms with van der Waals surface area (Å²) in [4.78, 5) is 25.1. The maximum atomic E-state index is 12.2. The molecule has 34 heavy (non-hydrogen) atoms. The van der Waals surface area contributed by atoms with Gasteiger partial charge >= 0.3 is 11.9 Å². The Labute approximate surface area is 211 Å². The Kier molecular flexibility index (Phi) is 24.2. The van der Waals surface area contributed by atoms with Gasteiger partial charge in [0.25, 0.3) is 0 Å². The smallest absolute Gasteiger partial charge is 0.306 e. The van der Waals surface area contributed by atoms with Crippen LogP contribution in [-0.2, 0) is 14.3 Å². The molecule has 0 bridgehead atoms. The number of carboxylic acid groups (broad SMARTS) is 1. The maximum Gasteiger partial charge on any atom is 0.306 e. The molecule has 5 heteroatoms. The Balaban J connectivity index is 3.60. The zero-order valence-corrected chi connectivity index (χ0v) is 23.0. The molecule has 0 heterocycles. The Morgan fingerprint density at radius 3 is 1.71 bits per heavy atom. The highest BCUT2D eigenvalue weighted by Crippen LogP contribution is 2.16. The van der Waals surface area contributed by atoms with E-state index >= 15 is 0 Å². The molecule has 0 aromatic carbocycles. The number of rotatable bonds is 26. The average molecular weight is 484 g/mol. The summed E-state index contributed by atoms with van der Waals surface area (Å²) < 4.78 is 5.78. The number of hydrogen-bond donors (Lipinski definition) is 1. The van der Waals surface area contributed by atoms with E-state index in [0.717, 1.165) is 64.5 Å². The lowest BCUT2D eigenvalue weighted by atomic mass is 10.0. The van der Waals surface area contributed by atoms with Gasteiger partial charge in [-0.3, -0.25) is 9.59 Å². The van der Waals surface area contributed by atoms with Gasteiger partial charge in [0.05, 0.1) is 0 Å². The second-order valence-electron chi connectivity index (χ2n) is 10.2. The van der Waals surface area contributed by atoms with Gasteiger partial charge in [-0.15, -0.1) is 0 Å². The van der Waals surface area contributed by atoms with Crippen molar-refractivity contribution in [1.29, 1.82) is 0 Å². The van der Waals surface area contributed by atoms with E-state index in [1.807, 2.05) is 0 Å². The molecule has 0 aliphatic heterocycles. The van der Waals surface area contributed by atoms with Crippen LogP contribution in [0, 0.1) is 0 Å². The molecule has 0 spiro atoms. The molecule has 0 radical (unpaired) electrons. The van der Waals surface area contributed by atoms with Crippen molar-refractivity contribution in [1.82, 2.24) is 4.90 Å². The first kappa shape index (κ1) is 32.9. The van der Waals surface area contributed by atoms with Crippen LogP contribution in [0.25, 0.3) is 0 Å². The van der Waals surface area contributed by atoms with E-state index in [2.05, 4.69) is 25.8 Å². The van der Waals surface area contributed by atoms with E-state index in [1.54, 1.807) is 0 Å². The summed E-state index contributed by atoms with van der Waals surface area (Å²) in [5.74, 6) is -0.675. The van der Waals surface area contributed by atoms with Crippen LogP contribution in [-0.4, -0.2) is 48.2 Å². The summed E-state index contributed by atoms with van der Waals surface area (Å²) in [5.41, 5.74) is 0. The minimum atomic E-state index is -0.681. The van der Waals surface area contributed by atoms with Crippen LogP contribution >= 0.6 is 0 Å². The molecule has 1 atom stereocenters. The van der Waals surface area contributed by atoms with Crippen LogP contribution in [0.5, 0.6) is 0 Å². The first-order valence-corrected chi connectivity index (χ1v) is 14.6. The lowest BCUT2D eigenvalue weighted by molar-refractivity contribution is -0.150. The highest BCUT2D eigenvalue weighted by molar-refractivity contribution is 5.69. The second-order valence-corrected chi connectivity index (χ2v) is 10.2. The van der Waals surface area contributed by atoms with Gasteiger partial charge in [0.2, 0.25) is 0 Å². The van der Waals surface area contributed by atoms with Crippen LogP contribution in [0.15, 0.2) is 0 Å². The van der Waals surface area contributed by atoms with Crippen molar-refractivity contribution in [2.45, 2.75) is 155 Å².